The summed E-state index contributed by atoms with van der Waals surface area (Å²) >= 11 is 0. The van der Waals surface area contributed by atoms with Crippen molar-refractivity contribution in [2.24, 2.45) is 0 Å². The third-order valence-corrected chi connectivity index (χ3v) is 2.95. The molecule has 1 atom stereocenters. The molecule has 92 valence electrons. The van der Waals surface area contributed by atoms with Crippen molar-refractivity contribution in [1.82, 2.24) is 5.32 Å². The lowest BCUT2D eigenvalue weighted by Crippen LogP contribution is -2.18. The van der Waals surface area contributed by atoms with Crippen LogP contribution < -0.4 is 5.32 Å². The lowest BCUT2D eigenvalue weighted by molar-refractivity contribution is 0.618. The van der Waals surface area contributed by atoms with Crippen molar-refractivity contribution >= 4 is 6.08 Å². The highest BCUT2D eigenvalue weighted by atomic mass is 14.9. The van der Waals surface area contributed by atoms with Gasteiger partial charge in [-0.15, -0.1) is 0 Å². The van der Waals surface area contributed by atoms with Gasteiger partial charge in [0, 0.05) is 12.6 Å². The van der Waals surface area contributed by atoms with Crippen LogP contribution >= 0.6 is 0 Å². The van der Waals surface area contributed by atoms with Gasteiger partial charge in [0.1, 0.15) is 0 Å². The number of benzene rings is 2. The predicted molar refractivity (Wildman–Crippen MR) is 78.3 cm³/mol. The van der Waals surface area contributed by atoms with E-state index in [1.54, 1.807) is 0 Å². The maximum atomic E-state index is 3.48. The molecular formula is C17H19N. The zero-order valence-electron chi connectivity index (χ0n) is 10.7. The second kappa shape index (κ2) is 6.77. The first-order valence-corrected chi connectivity index (χ1v) is 6.36. The predicted octanol–water partition coefficient (Wildman–Crippen LogP) is 4.05. The summed E-state index contributed by atoms with van der Waals surface area (Å²) in [4.78, 5) is 0. The highest BCUT2D eigenvalue weighted by molar-refractivity contribution is 5.48. The van der Waals surface area contributed by atoms with Crippen molar-refractivity contribution in [2.75, 3.05) is 6.54 Å². The molecular weight excluding hydrogens is 218 g/mol. The van der Waals surface area contributed by atoms with E-state index in [9.17, 15) is 0 Å². The molecule has 0 aliphatic heterocycles. The fourth-order valence-corrected chi connectivity index (χ4v) is 1.86. The highest BCUT2D eigenvalue weighted by Gasteiger charge is 2.00. The Bertz CT molecular complexity index is 473. The number of hydrogen-bond acceptors (Lipinski definition) is 1. The summed E-state index contributed by atoms with van der Waals surface area (Å²) in [7, 11) is 0. The molecule has 0 bridgehead atoms. The van der Waals surface area contributed by atoms with Gasteiger partial charge >= 0.3 is 0 Å². The first kappa shape index (κ1) is 12.6. The van der Waals surface area contributed by atoms with Gasteiger partial charge < -0.3 is 5.32 Å². The van der Waals surface area contributed by atoms with Crippen LogP contribution in [-0.2, 0) is 0 Å². The molecule has 1 N–H and O–H groups in total. The topological polar surface area (TPSA) is 12.0 Å². The van der Waals surface area contributed by atoms with Gasteiger partial charge in [0.05, 0.1) is 0 Å². The maximum absolute atomic E-state index is 3.48. The lowest BCUT2D eigenvalue weighted by atomic mass is 10.1. The Morgan fingerprint density at radius 2 is 1.56 bits per heavy atom. The van der Waals surface area contributed by atoms with E-state index in [1.165, 1.54) is 11.1 Å². The average Bonchev–Trinajstić information content (AvgIpc) is 2.45. The van der Waals surface area contributed by atoms with E-state index in [2.05, 4.69) is 72.9 Å². The molecule has 0 radical (unpaired) electrons. The van der Waals surface area contributed by atoms with E-state index >= 15 is 0 Å². The summed E-state index contributed by atoms with van der Waals surface area (Å²) in [5, 5.41) is 3.48. The van der Waals surface area contributed by atoms with Gasteiger partial charge in [-0.05, 0) is 18.1 Å². The van der Waals surface area contributed by atoms with E-state index in [0.29, 0.717) is 6.04 Å². The third-order valence-electron chi connectivity index (χ3n) is 2.95. The molecule has 1 heteroatoms. The quantitative estimate of drug-likeness (QED) is 0.827. The van der Waals surface area contributed by atoms with Crippen molar-refractivity contribution in [2.45, 2.75) is 13.0 Å². The molecule has 0 saturated heterocycles. The van der Waals surface area contributed by atoms with Crippen molar-refractivity contribution < 1.29 is 0 Å². The average molecular weight is 237 g/mol. The van der Waals surface area contributed by atoms with Crippen molar-refractivity contribution in [3.63, 3.8) is 0 Å². The van der Waals surface area contributed by atoms with Crippen LogP contribution in [0.5, 0.6) is 0 Å². The Balaban J connectivity index is 1.81. The lowest BCUT2D eigenvalue weighted by Gasteiger charge is -2.12. The number of rotatable bonds is 5. The van der Waals surface area contributed by atoms with E-state index in [1.807, 2.05) is 12.1 Å². The molecule has 18 heavy (non-hydrogen) atoms. The molecule has 0 fully saturated rings. The fourth-order valence-electron chi connectivity index (χ4n) is 1.86. The van der Waals surface area contributed by atoms with Crippen LogP contribution in [0.2, 0.25) is 0 Å². The van der Waals surface area contributed by atoms with Crippen molar-refractivity contribution in [3.05, 3.63) is 77.9 Å². The van der Waals surface area contributed by atoms with Crippen LogP contribution in [0.25, 0.3) is 6.08 Å². The van der Waals surface area contributed by atoms with Gasteiger partial charge in [0.15, 0.2) is 0 Å². The second-order valence-electron chi connectivity index (χ2n) is 4.35. The third kappa shape index (κ3) is 3.86. The molecule has 2 aromatic carbocycles. The minimum absolute atomic E-state index is 0.381. The molecule has 2 rings (SSSR count). The molecule has 0 aliphatic carbocycles. The van der Waals surface area contributed by atoms with Crippen LogP contribution in [0.1, 0.15) is 24.1 Å². The molecule has 0 unspecified atom stereocenters. The normalized spacial score (nSPS) is 12.7. The first-order chi connectivity index (χ1) is 8.86. The maximum Gasteiger partial charge on any atom is 0.0294 e. The number of nitrogens with one attached hydrogen (secondary N) is 1. The van der Waals surface area contributed by atoms with Crippen LogP contribution in [0.15, 0.2) is 66.7 Å². The summed E-state index contributed by atoms with van der Waals surface area (Å²) in [6, 6.07) is 21.2. The minimum Gasteiger partial charge on any atom is -0.307 e. The van der Waals surface area contributed by atoms with Gasteiger partial charge in [-0.1, -0.05) is 72.8 Å². The zero-order valence-corrected chi connectivity index (χ0v) is 10.7. The van der Waals surface area contributed by atoms with E-state index in [4.69, 9.17) is 0 Å². The Morgan fingerprint density at radius 3 is 2.22 bits per heavy atom. The van der Waals surface area contributed by atoms with Crippen molar-refractivity contribution in [3.8, 4) is 0 Å². The molecule has 0 aromatic heterocycles. The van der Waals surface area contributed by atoms with Gasteiger partial charge in [0.25, 0.3) is 0 Å². The molecule has 0 spiro atoms. The Kier molecular flexibility index (Phi) is 4.74. The van der Waals surface area contributed by atoms with E-state index < -0.39 is 0 Å². The highest BCUT2D eigenvalue weighted by Crippen LogP contribution is 2.10. The molecule has 0 aliphatic rings. The second-order valence-corrected chi connectivity index (χ2v) is 4.35. The standard InChI is InChI=1S/C17H19N/c1-15(17-12-6-3-7-13-17)18-14-8-11-16-9-4-2-5-10-16/h2-13,15,18H,14H2,1H3/t15-/m1/s1. The summed E-state index contributed by atoms with van der Waals surface area (Å²) in [6.07, 6.45) is 4.31. The van der Waals surface area contributed by atoms with E-state index in [-0.39, 0.29) is 0 Å². The van der Waals surface area contributed by atoms with Crippen LogP contribution in [0, 0.1) is 0 Å². The Labute approximate surface area is 109 Å². The summed E-state index contributed by atoms with van der Waals surface area (Å²) in [5.41, 5.74) is 2.57. The summed E-state index contributed by atoms with van der Waals surface area (Å²) in [5.74, 6) is 0. The Hall–Kier alpha value is -1.86. The minimum atomic E-state index is 0.381. The van der Waals surface area contributed by atoms with E-state index in [0.717, 1.165) is 6.54 Å². The SMILES string of the molecule is C[C@@H](NCC=Cc1ccccc1)c1ccccc1. The Morgan fingerprint density at radius 1 is 0.944 bits per heavy atom. The summed E-state index contributed by atoms with van der Waals surface area (Å²) < 4.78 is 0. The molecule has 0 saturated carbocycles. The summed E-state index contributed by atoms with van der Waals surface area (Å²) in [6.45, 7) is 3.07. The molecule has 2 aromatic rings. The first-order valence-electron chi connectivity index (χ1n) is 6.36. The molecule has 0 heterocycles. The largest absolute Gasteiger partial charge is 0.307 e. The molecule has 1 nitrogen and oxygen atoms in total. The smallest absolute Gasteiger partial charge is 0.0294 e. The van der Waals surface area contributed by atoms with Gasteiger partial charge in [-0.25, -0.2) is 0 Å². The monoisotopic (exact) mass is 237 g/mol. The van der Waals surface area contributed by atoms with Crippen molar-refractivity contribution in [1.29, 1.82) is 0 Å². The van der Waals surface area contributed by atoms with Crippen LogP contribution in [-0.4, -0.2) is 6.54 Å². The van der Waals surface area contributed by atoms with Gasteiger partial charge in [0.2, 0.25) is 0 Å². The fraction of sp³-hybridized carbons (Fsp3) is 0.176. The van der Waals surface area contributed by atoms with Crippen LogP contribution in [0.4, 0.5) is 0 Å². The number of hydrogen-bond donors (Lipinski definition) is 1. The van der Waals surface area contributed by atoms with Crippen LogP contribution in [0.3, 0.4) is 0 Å². The molecule has 0 amide bonds. The van der Waals surface area contributed by atoms with Gasteiger partial charge in [-0.2, -0.15) is 0 Å². The zero-order chi connectivity index (χ0) is 12.6. The van der Waals surface area contributed by atoms with Gasteiger partial charge in [-0.3, -0.25) is 0 Å².